The Balaban J connectivity index is 1.99. The molecule has 1 heterocycles. The molecule has 0 spiro atoms. The van der Waals surface area contributed by atoms with Gasteiger partial charge in [0.2, 0.25) is 5.95 Å². The summed E-state index contributed by atoms with van der Waals surface area (Å²) in [6.45, 7) is 3.80. The van der Waals surface area contributed by atoms with Crippen LogP contribution >= 0.6 is 0 Å². The monoisotopic (exact) mass is 281 g/mol. The molecule has 0 unspecified atom stereocenters. The van der Waals surface area contributed by atoms with E-state index in [1.807, 2.05) is 61.0 Å². The number of anilines is 2. The zero-order valence-electron chi connectivity index (χ0n) is 12.0. The van der Waals surface area contributed by atoms with Gasteiger partial charge in [-0.25, -0.2) is 9.37 Å². The molecule has 21 heavy (non-hydrogen) atoms. The Morgan fingerprint density at radius 2 is 1.81 bits per heavy atom. The van der Waals surface area contributed by atoms with E-state index in [0.29, 0.717) is 11.6 Å². The maximum absolute atomic E-state index is 13.5. The summed E-state index contributed by atoms with van der Waals surface area (Å²) in [5, 5.41) is 3.19. The number of nitrogens with zero attached hydrogens (tertiary/aromatic N) is 2. The standard InChI is InChI=1S/C17H16FN3/c1-12-8-14(18)10-15(9-12)20-17-19-13(2)11-21(17)16-6-4-3-5-7-16/h3-11H,1-2H3,(H,19,20). The number of halogens is 1. The SMILES string of the molecule is Cc1cc(F)cc(Nc2nc(C)cn2-c2ccccc2)c1. The van der Waals surface area contributed by atoms with E-state index in [1.54, 1.807) is 0 Å². The minimum absolute atomic E-state index is 0.257. The van der Waals surface area contributed by atoms with E-state index < -0.39 is 0 Å². The molecule has 4 heteroatoms. The molecule has 0 atom stereocenters. The predicted molar refractivity (Wildman–Crippen MR) is 82.7 cm³/mol. The van der Waals surface area contributed by atoms with Gasteiger partial charge in [0, 0.05) is 17.6 Å². The Hall–Kier alpha value is -2.62. The molecular formula is C17H16FN3. The first kappa shape index (κ1) is 13.4. The van der Waals surface area contributed by atoms with Crippen molar-refractivity contribution in [3.63, 3.8) is 0 Å². The van der Waals surface area contributed by atoms with Gasteiger partial charge in [-0.05, 0) is 49.7 Å². The van der Waals surface area contributed by atoms with Crippen LogP contribution < -0.4 is 5.32 Å². The lowest BCUT2D eigenvalue weighted by Crippen LogP contribution is -2.01. The van der Waals surface area contributed by atoms with E-state index in [9.17, 15) is 4.39 Å². The fourth-order valence-corrected chi connectivity index (χ4v) is 2.31. The number of aromatic nitrogens is 2. The molecule has 1 N–H and O–H groups in total. The third kappa shape index (κ3) is 2.94. The molecule has 3 rings (SSSR count). The molecule has 0 aliphatic carbocycles. The highest BCUT2D eigenvalue weighted by Gasteiger charge is 2.08. The van der Waals surface area contributed by atoms with Gasteiger partial charge in [-0.15, -0.1) is 0 Å². The minimum Gasteiger partial charge on any atom is -0.325 e. The molecule has 106 valence electrons. The number of nitrogens with one attached hydrogen (secondary N) is 1. The first-order valence-corrected chi connectivity index (χ1v) is 6.77. The number of hydrogen-bond donors (Lipinski definition) is 1. The fourth-order valence-electron chi connectivity index (χ4n) is 2.31. The van der Waals surface area contributed by atoms with E-state index >= 15 is 0 Å². The Morgan fingerprint density at radius 3 is 2.52 bits per heavy atom. The molecular weight excluding hydrogens is 265 g/mol. The second-order valence-corrected chi connectivity index (χ2v) is 5.05. The molecule has 0 amide bonds. The summed E-state index contributed by atoms with van der Waals surface area (Å²) in [6.07, 6.45) is 1.95. The van der Waals surface area contributed by atoms with E-state index in [-0.39, 0.29) is 5.82 Å². The first-order valence-electron chi connectivity index (χ1n) is 6.77. The summed E-state index contributed by atoms with van der Waals surface area (Å²) in [4.78, 5) is 4.47. The maximum Gasteiger partial charge on any atom is 0.212 e. The van der Waals surface area contributed by atoms with Gasteiger partial charge in [-0.3, -0.25) is 4.57 Å². The summed E-state index contributed by atoms with van der Waals surface area (Å²) in [5.41, 5.74) is 3.46. The van der Waals surface area contributed by atoms with Crippen LogP contribution in [0.3, 0.4) is 0 Å². The van der Waals surface area contributed by atoms with Crippen molar-refractivity contribution in [1.82, 2.24) is 9.55 Å². The van der Waals surface area contributed by atoms with Gasteiger partial charge >= 0.3 is 0 Å². The van der Waals surface area contributed by atoms with Crippen LogP contribution in [0.4, 0.5) is 16.0 Å². The van der Waals surface area contributed by atoms with Crippen molar-refractivity contribution < 1.29 is 4.39 Å². The highest BCUT2D eigenvalue weighted by molar-refractivity contribution is 5.57. The Morgan fingerprint density at radius 1 is 1.05 bits per heavy atom. The Labute approximate surface area is 123 Å². The lowest BCUT2D eigenvalue weighted by Gasteiger charge is -2.10. The zero-order valence-corrected chi connectivity index (χ0v) is 12.0. The molecule has 0 radical (unpaired) electrons. The molecule has 0 bridgehead atoms. The predicted octanol–water partition coefficient (Wildman–Crippen LogP) is 4.37. The number of rotatable bonds is 3. The van der Waals surface area contributed by atoms with Crippen LogP contribution in [-0.2, 0) is 0 Å². The van der Waals surface area contributed by atoms with Crippen LogP contribution in [0.2, 0.25) is 0 Å². The smallest absolute Gasteiger partial charge is 0.212 e. The van der Waals surface area contributed by atoms with Crippen molar-refractivity contribution in [2.24, 2.45) is 0 Å². The van der Waals surface area contributed by atoms with E-state index in [4.69, 9.17) is 0 Å². The minimum atomic E-state index is -0.257. The second-order valence-electron chi connectivity index (χ2n) is 5.05. The van der Waals surface area contributed by atoms with Gasteiger partial charge in [0.15, 0.2) is 0 Å². The molecule has 0 aliphatic heterocycles. The molecule has 0 fully saturated rings. The van der Waals surface area contributed by atoms with Crippen molar-refractivity contribution in [3.8, 4) is 5.69 Å². The van der Waals surface area contributed by atoms with Gasteiger partial charge in [-0.2, -0.15) is 0 Å². The van der Waals surface area contributed by atoms with Gasteiger partial charge in [-0.1, -0.05) is 18.2 Å². The summed E-state index contributed by atoms with van der Waals surface area (Å²) in [5.74, 6) is 0.413. The number of benzene rings is 2. The van der Waals surface area contributed by atoms with Crippen LogP contribution in [0, 0.1) is 19.7 Å². The van der Waals surface area contributed by atoms with E-state index in [2.05, 4.69) is 10.3 Å². The van der Waals surface area contributed by atoms with Crippen LogP contribution in [0.15, 0.2) is 54.7 Å². The second kappa shape index (κ2) is 5.40. The zero-order chi connectivity index (χ0) is 14.8. The molecule has 0 aliphatic rings. The summed E-state index contributed by atoms with van der Waals surface area (Å²) < 4.78 is 15.4. The van der Waals surface area contributed by atoms with Crippen molar-refractivity contribution in [1.29, 1.82) is 0 Å². The summed E-state index contributed by atoms with van der Waals surface area (Å²) in [7, 11) is 0. The normalized spacial score (nSPS) is 10.6. The number of hydrogen-bond acceptors (Lipinski definition) is 2. The van der Waals surface area contributed by atoms with Crippen LogP contribution in [0.5, 0.6) is 0 Å². The molecule has 3 nitrogen and oxygen atoms in total. The Bertz CT molecular complexity index is 743. The molecule has 3 aromatic rings. The number of para-hydroxylation sites is 1. The van der Waals surface area contributed by atoms with Gasteiger partial charge in [0.1, 0.15) is 5.82 Å². The molecule has 0 saturated heterocycles. The highest BCUT2D eigenvalue weighted by Crippen LogP contribution is 2.22. The van der Waals surface area contributed by atoms with Crippen LogP contribution in [0.25, 0.3) is 5.69 Å². The van der Waals surface area contributed by atoms with Crippen LogP contribution in [-0.4, -0.2) is 9.55 Å². The summed E-state index contributed by atoms with van der Waals surface area (Å²) >= 11 is 0. The highest BCUT2D eigenvalue weighted by atomic mass is 19.1. The van der Waals surface area contributed by atoms with Gasteiger partial charge in [0.25, 0.3) is 0 Å². The van der Waals surface area contributed by atoms with Crippen molar-refractivity contribution >= 4 is 11.6 Å². The van der Waals surface area contributed by atoms with Crippen molar-refractivity contribution in [2.75, 3.05) is 5.32 Å². The van der Waals surface area contributed by atoms with Crippen molar-refractivity contribution in [2.45, 2.75) is 13.8 Å². The first-order chi connectivity index (χ1) is 10.1. The third-order valence-electron chi connectivity index (χ3n) is 3.16. The third-order valence-corrected chi connectivity index (χ3v) is 3.16. The number of imidazole rings is 1. The quantitative estimate of drug-likeness (QED) is 0.772. The fraction of sp³-hybridized carbons (Fsp3) is 0.118. The molecule has 1 aromatic heterocycles. The molecule has 0 saturated carbocycles. The number of aryl methyl sites for hydroxylation is 2. The van der Waals surface area contributed by atoms with Crippen molar-refractivity contribution in [3.05, 3.63) is 71.8 Å². The van der Waals surface area contributed by atoms with Gasteiger partial charge < -0.3 is 5.32 Å². The Kier molecular flexibility index (Phi) is 3.44. The van der Waals surface area contributed by atoms with Crippen LogP contribution in [0.1, 0.15) is 11.3 Å². The maximum atomic E-state index is 13.5. The van der Waals surface area contributed by atoms with Gasteiger partial charge in [0.05, 0.1) is 5.69 Å². The topological polar surface area (TPSA) is 29.9 Å². The van der Waals surface area contributed by atoms with E-state index in [1.165, 1.54) is 12.1 Å². The largest absolute Gasteiger partial charge is 0.325 e. The molecule has 2 aromatic carbocycles. The lowest BCUT2D eigenvalue weighted by atomic mass is 10.2. The average Bonchev–Trinajstić information content (AvgIpc) is 2.79. The lowest BCUT2D eigenvalue weighted by molar-refractivity contribution is 0.627. The van der Waals surface area contributed by atoms with E-state index in [0.717, 1.165) is 16.9 Å². The summed E-state index contributed by atoms with van der Waals surface area (Å²) in [6, 6.07) is 14.8. The average molecular weight is 281 g/mol.